The Kier molecular flexibility index (Phi) is 6.51. The SMILES string of the molecule is CN(CCOCC1CC1)CC(N)CCc1ccccc1. The molecule has 2 N–H and O–H groups in total. The number of nitrogens with two attached hydrogens (primary N) is 1. The Morgan fingerprint density at radius 3 is 2.75 bits per heavy atom. The number of aryl methyl sites for hydroxylation is 1. The van der Waals surface area contributed by atoms with Crippen molar-refractivity contribution in [1.82, 2.24) is 4.90 Å². The van der Waals surface area contributed by atoms with Crippen molar-refractivity contribution in [1.29, 1.82) is 0 Å². The minimum atomic E-state index is 0.239. The van der Waals surface area contributed by atoms with Crippen LogP contribution in [0.1, 0.15) is 24.8 Å². The normalized spacial score (nSPS) is 16.6. The van der Waals surface area contributed by atoms with Gasteiger partial charge in [0.25, 0.3) is 0 Å². The van der Waals surface area contributed by atoms with Gasteiger partial charge in [-0.05, 0) is 44.2 Å². The van der Waals surface area contributed by atoms with Crippen LogP contribution in [0.2, 0.25) is 0 Å². The fraction of sp³-hybridized carbons (Fsp3) is 0.647. The Balaban J connectivity index is 1.52. The standard InChI is InChI=1S/C17H28N2O/c1-19(11-12-20-14-16-7-8-16)13-17(18)10-9-15-5-3-2-4-6-15/h2-6,16-17H,7-14,18H2,1H3. The van der Waals surface area contributed by atoms with E-state index < -0.39 is 0 Å². The Labute approximate surface area is 123 Å². The number of hydrogen-bond donors (Lipinski definition) is 1. The minimum absolute atomic E-state index is 0.239. The molecule has 0 saturated heterocycles. The monoisotopic (exact) mass is 276 g/mol. The molecule has 0 aliphatic heterocycles. The fourth-order valence-electron chi connectivity index (χ4n) is 2.33. The lowest BCUT2D eigenvalue weighted by Gasteiger charge is -2.21. The molecule has 1 aliphatic rings. The van der Waals surface area contributed by atoms with Crippen LogP contribution >= 0.6 is 0 Å². The van der Waals surface area contributed by atoms with Crippen LogP contribution in [0, 0.1) is 5.92 Å². The summed E-state index contributed by atoms with van der Waals surface area (Å²) >= 11 is 0. The molecule has 0 amide bonds. The topological polar surface area (TPSA) is 38.5 Å². The van der Waals surface area contributed by atoms with Gasteiger partial charge in [0.05, 0.1) is 6.61 Å². The summed E-state index contributed by atoms with van der Waals surface area (Å²) in [6.45, 7) is 3.71. The summed E-state index contributed by atoms with van der Waals surface area (Å²) in [6.07, 6.45) is 4.83. The quantitative estimate of drug-likeness (QED) is 0.666. The van der Waals surface area contributed by atoms with Gasteiger partial charge in [-0.2, -0.15) is 0 Å². The number of likely N-dealkylation sites (N-methyl/N-ethyl adjacent to an activating group) is 1. The summed E-state index contributed by atoms with van der Waals surface area (Å²) in [4.78, 5) is 2.28. The number of hydrogen-bond acceptors (Lipinski definition) is 3. The first-order chi connectivity index (χ1) is 9.74. The molecule has 0 radical (unpaired) electrons. The van der Waals surface area contributed by atoms with Crippen LogP contribution in [-0.4, -0.2) is 44.3 Å². The zero-order chi connectivity index (χ0) is 14.2. The van der Waals surface area contributed by atoms with Gasteiger partial charge in [0.1, 0.15) is 0 Å². The Bertz CT molecular complexity index is 365. The maximum Gasteiger partial charge on any atom is 0.0593 e. The molecule has 0 aromatic heterocycles. The van der Waals surface area contributed by atoms with Crippen molar-refractivity contribution in [2.75, 3.05) is 33.4 Å². The van der Waals surface area contributed by atoms with Crippen molar-refractivity contribution in [2.24, 2.45) is 11.7 Å². The van der Waals surface area contributed by atoms with Crippen LogP contribution < -0.4 is 5.73 Å². The van der Waals surface area contributed by atoms with Crippen LogP contribution in [-0.2, 0) is 11.2 Å². The molecule has 1 saturated carbocycles. The summed E-state index contributed by atoms with van der Waals surface area (Å²) < 4.78 is 5.66. The third-order valence-corrected chi connectivity index (χ3v) is 3.86. The highest BCUT2D eigenvalue weighted by molar-refractivity contribution is 5.14. The van der Waals surface area contributed by atoms with Crippen molar-refractivity contribution < 1.29 is 4.74 Å². The maximum atomic E-state index is 6.20. The molecule has 0 heterocycles. The van der Waals surface area contributed by atoms with Crippen molar-refractivity contribution in [2.45, 2.75) is 31.7 Å². The van der Waals surface area contributed by atoms with E-state index in [9.17, 15) is 0 Å². The lowest BCUT2D eigenvalue weighted by Crippen LogP contribution is -2.37. The van der Waals surface area contributed by atoms with E-state index in [0.717, 1.165) is 45.1 Å². The molecule has 1 aliphatic carbocycles. The third-order valence-electron chi connectivity index (χ3n) is 3.86. The van der Waals surface area contributed by atoms with E-state index in [-0.39, 0.29) is 6.04 Å². The molecule has 1 fully saturated rings. The lowest BCUT2D eigenvalue weighted by atomic mass is 10.1. The van der Waals surface area contributed by atoms with E-state index in [0.29, 0.717) is 0 Å². The van der Waals surface area contributed by atoms with Gasteiger partial charge < -0.3 is 15.4 Å². The van der Waals surface area contributed by atoms with E-state index >= 15 is 0 Å². The van der Waals surface area contributed by atoms with Crippen LogP contribution in [0.15, 0.2) is 30.3 Å². The van der Waals surface area contributed by atoms with E-state index in [1.165, 1.54) is 18.4 Å². The second-order valence-electron chi connectivity index (χ2n) is 6.06. The van der Waals surface area contributed by atoms with Gasteiger partial charge in [-0.1, -0.05) is 30.3 Å². The predicted molar refractivity (Wildman–Crippen MR) is 83.8 cm³/mol. The van der Waals surface area contributed by atoms with Gasteiger partial charge in [0.15, 0.2) is 0 Å². The molecule has 0 spiro atoms. The molecular weight excluding hydrogens is 248 g/mol. The Hall–Kier alpha value is -0.900. The molecule has 3 heteroatoms. The van der Waals surface area contributed by atoms with Crippen LogP contribution in [0.3, 0.4) is 0 Å². The number of rotatable bonds is 10. The zero-order valence-electron chi connectivity index (χ0n) is 12.6. The molecule has 1 aromatic carbocycles. The first kappa shape index (κ1) is 15.5. The molecular formula is C17H28N2O. The largest absolute Gasteiger partial charge is 0.380 e. The Morgan fingerprint density at radius 1 is 1.30 bits per heavy atom. The van der Waals surface area contributed by atoms with Gasteiger partial charge in [-0.3, -0.25) is 0 Å². The first-order valence-electron chi connectivity index (χ1n) is 7.80. The Morgan fingerprint density at radius 2 is 2.05 bits per heavy atom. The average Bonchev–Trinajstić information content (AvgIpc) is 3.27. The van der Waals surface area contributed by atoms with Crippen molar-refractivity contribution >= 4 is 0 Å². The van der Waals surface area contributed by atoms with Gasteiger partial charge in [0, 0.05) is 25.7 Å². The van der Waals surface area contributed by atoms with Crippen molar-refractivity contribution in [3.63, 3.8) is 0 Å². The van der Waals surface area contributed by atoms with Gasteiger partial charge in [-0.15, -0.1) is 0 Å². The first-order valence-corrected chi connectivity index (χ1v) is 7.80. The highest BCUT2D eigenvalue weighted by atomic mass is 16.5. The average molecular weight is 276 g/mol. The van der Waals surface area contributed by atoms with Crippen molar-refractivity contribution in [3.8, 4) is 0 Å². The van der Waals surface area contributed by atoms with Crippen LogP contribution in [0.25, 0.3) is 0 Å². The molecule has 112 valence electrons. The second-order valence-corrected chi connectivity index (χ2v) is 6.06. The molecule has 20 heavy (non-hydrogen) atoms. The number of nitrogens with zero attached hydrogens (tertiary/aromatic N) is 1. The maximum absolute atomic E-state index is 6.20. The highest BCUT2D eigenvalue weighted by Gasteiger charge is 2.21. The molecule has 1 unspecified atom stereocenters. The predicted octanol–water partition coefficient (Wildman–Crippen LogP) is 2.30. The summed E-state index contributed by atoms with van der Waals surface area (Å²) in [6, 6.07) is 10.8. The molecule has 0 bridgehead atoms. The summed E-state index contributed by atoms with van der Waals surface area (Å²) in [5.41, 5.74) is 7.58. The summed E-state index contributed by atoms with van der Waals surface area (Å²) in [5, 5.41) is 0. The number of ether oxygens (including phenoxy) is 1. The number of benzene rings is 1. The molecule has 3 nitrogen and oxygen atoms in total. The summed E-state index contributed by atoms with van der Waals surface area (Å²) in [5.74, 6) is 0.855. The molecule has 1 atom stereocenters. The molecule has 2 rings (SSSR count). The zero-order valence-corrected chi connectivity index (χ0v) is 12.6. The third kappa shape index (κ3) is 6.51. The minimum Gasteiger partial charge on any atom is -0.380 e. The molecule has 1 aromatic rings. The van der Waals surface area contributed by atoms with Gasteiger partial charge in [0.2, 0.25) is 0 Å². The van der Waals surface area contributed by atoms with Gasteiger partial charge in [-0.25, -0.2) is 0 Å². The highest BCUT2D eigenvalue weighted by Crippen LogP contribution is 2.28. The van der Waals surface area contributed by atoms with Gasteiger partial charge >= 0.3 is 0 Å². The van der Waals surface area contributed by atoms with E-state index in [1.54, 1.807) is 0 Å². The van der Waals surface area contributed by atoms with Crippen LogP contribution in [0.4, 0.5) is 0 Å². The van der Waals surface area contributed by atoms with Crippen LogP contribution in [0.5, 0.6) is 0 Å². The lowest BCUT2D eigenvalue weighted by molar-refractivity contribution is 0.102. The van der Waals surface area contributed by atoms with E-state index in [1.807, 2.05) is 0 Å². The fourth-order valence-corrected chi connectivity index (χ4v) is 2.33. The van der Waals surface area contributed by atoms with E-state index in [4.69, 9.17) is 10.5 Å². The van der Waals surface area contributed by atoms with Crippen molar-refractivity contribution in [3.05, 3.63) is 35.9 Å². The second kappa shape index (κ2) is 8.40. The summed E-state index contributed by atoms with van der Waals surface area (Å²) in [7, 11) is 2.13. The van der Waals surface area contributed by atoms with E-state index in [2.05, 4.69) is 42.3 Å². The smallest absolute Gasteiger partial charge is 0.0593 e.